The zero-order valence-electron chi connectivity index (χ0n) is 19.3. The fraction of sp³-hybridized carbons (Fsp3) is 0.259. The Morgan fingerprint density at radius 1 is 1.00 bits per heavy atom. The molecule has 0 amide bonds. The van der Waals surface area contributed by atoms with Crippen LogP contribution in [0.3, 0.4) is 0 Å². The van der Waals surface area contributed by atoms with Crippen molar-refractivity contribution >= 4 is 16.9 Å². The highest BCUT2D eigenvalue weighted by Gasteiger charge is 2.21. The third-order valence-electron chi connectivity index (χ3n) is 4.97. The highest BCUT2D eigenvalue weighted by molar-refractivity contribution is 5.93. The molecule has 0 radical (unpaired) electrons. The Balaban J connectivity index is 1.78. The lowest BCUT2D eigenvalue weighted by Crippen LogP contribution is -2.15. The average Bonchev–Trinajstić information content (AvgIpc) is 2.79. The van der Waals surface area contributed by atoms with Crippen LogP contribution in [0.1, 0.15) is 44.0 Å². The number of carbonyl (C=O) groups excluding carboxylic acids is 1. The second kappa shape index (κ2) is 11.2. The Bertz CT molecular complexity index is 1230. The summed E-state index contributed by atoms with van der Waals surface area (Å²) in [5, 5.41) is 0.494. The number of carbonyl (C=O) groups is 1. The third kappa shape index (κ3) is 6.35. The largest absolute Gasteiger partial charge is 0.492 e. The number of esters is 1. The molecule has 172 valence electrons. The van der Waals surface area contributed by atoms with E-state index in [1.54, 1.807) is 48.5 Å². The van der Waals surface area contributed by atoms with Gasteiger partial charge in [0.1, 0.15) is 17.9 Å². The van der Waals surface area contributed by atoms with Crippen molar-refractivity contribution < 1.29 is 23.4 Å². The number of ether oxygens (including phenoxy) is 3. The maximum atomic E-state index is 12.6. The van der Waals surface area contributed by atoms with Crippen LogP contribution in [-0.4, -0.2) is 19.7 Å². The molecular weight excluding hydrogens is 420 g/mol. The molecule has 0 spiro atoms. The van der Waals surface area contributed by atoms with E-state index in [2.05, 4.69) is 26.8 Å². The van der Waals surface area contributed by atoms with Crippen molar-refractivity contribution in [2.45, 2.75) is 33.6 Å². The number of benzene rings is 2. The van der Waals surface area contributed by atoms with Gasteiger partial charge in [-0.05, 0) is 64.0 Å². The van der Waals surface area contributed by atoms with E-state index < -0.39 is 11.6 Å². The van der Waals surface area contributed by atoms with Crippen molar-refractivity contribution in [2.24, 2.45) is 0 Å². The number of rotatable bonds is 9. The third-order valence-corrected chi connectivity index (χ3v) is 4.97. The van der Waals surface area contributed by atoms with Crippen LogP contribution in [0.25, 0.3) is 11.0 Å². The standard InChI is InChI=1S/C27H28O6/c1-18(2)9-8-10-19(3)15-16-31-21-13-14-22-23(17-21)32-27(29)25(24(22)30-4)33-26(28)20-11-6-5-7-12-20/h5-7,9,11-15,17H,8,10,16H2,1-4H3. The molecular formula is C27H28O6. The van der Waals surface area contributed by atoms with E-state index in [-0.39, 0.29) is 17.1 Å². The van der Waals surface area contributed by atoms with Crippen LogP contribution in [0.4, 0.5) is 0 Å². The predicted octanol–water partition coefficient (Wildman–Crippen LogP) is 6.09. The van der Waals surface area contributed by atoms with Gasteiger partial charge in [-0.3, -0.25) is 0 Å². The highest BCUT2D eigenvalue weighted by Crippen LogP contribution is 2.34. The van der Waals surface area contributed by atoms with Crippen molar-refractivity contribution in [2.75, 3.05) is 13.7 Å². The van der Waals surface area contributed by atoms with Crippen LogP contribution >= 0.6 is 0 Å². The van der Waals surface area contributed by atoms with Crippen LogP contribution in [0.15, 0.2) is 81.0 Å². The molecule has 33 heavy (non-hydrogen) atoms. The van der Waals surface area contributed by atoms with Gasteiger partial charge in [-0.2, -0.15) is 0 Å². The van der Waals surface area contributed by atoms with Crippen molar-refractivity contribution in [3.8, 4) is 17.2 Å². The summed E-state index contributed by atoms with van der Waals surface area (Å²) < 4.78 is 21.9. The summed E-state index contributed by atoms with van der Waals surface area (Å²) in [6.07, 6.45) is 6.22. The topological polar surface area (TPSA) is 75.0 Å². The number of hydrogen-bond donors (Lipinski definition) is 0. The Labute approximate surface area is 193 Å². The molecule has 0 aliphatic heterocycles. The molecule has 1 aromatic heterocycles. The normalized spacial score (nSPS) is 11.2. The van der Waals surface area contributed by atoms with E-state index in [0.29, 0.717) is 23.3 Å². The maximum absolute atomic E-state index is 12.6. The summed E-state index contributed by atoms with van der Waals surface area (Å²) in [4.78, 5) is 25.0. The Hall–Kier alpha value is -3.80. The van der Waals surface area contributed by atoms with Crippen LogP contribution in [-0.2, 0) is 0 Å². The minimum Gasteiger partial charge on any atom is -0.492 e. The Kier molecular flexibility index (Phi) is 8.08. The molecule has 0 aliphatic carbocycles. The second-order valence-electron chi connectivity index (χ2n) is 7.85. The first-order chi connectivity index (χ1) is 15.9. The number of methoxy groups -OCH3 is 1. The van der Waals surface area contributed by atoms with Crippen LogP contribution in [0.5, 0.6) is 17.2 Å². The van der Waals surface area contributed by atoms with Gasteiger partial charge in [0.25, 0.3) is 5.75 Å². The molecule has 3 rings (SSSR count). The van der Waals surface area contributed by atoms with Gasteiger partial charge >= 0.3 is 11.6 Å². The first kappa shape index (κ1) is 23.9. The Morgan fingerprint density at radius 2 is 1.76 bits per heavy atom. The van der Waals surface area contributed by atoms with Gasteiger partial charge in [0.15, 0.2) is 5.75 Å². The molecule has 0 N–H and O–H groups in total. The molecule has 3 aromatic rings. The average molecular weight is 449 g/mol. The minimum absolute atomic E-state index is 0.132. The first-order valence-electron chi connectivity index (χ1n) is 10.7. The number of fused-ring (bicyclic) bond motifs is 1. The fourth-order valence-electron chi connectivity index (χ4n) is 3.21. The lowest BCUT2D eigenvalue weighted by atomic mass is 10.1. The van der Waals surface area contributed by atoms with E-state index in [1.807, 2.05) is 6.08 Å². The smallest absolute Gasteiger partial charge is 0.383 e. The van der Waals surface area contributed by atoms with Crippen molar-refractivity contribution in [3.05, 3.63) is 87.8 Å². The van der Waals surface area contributed by atoms with Crippen LogP contribution in [0.2, 0.25) is 0 Å². The summed E-state index contributed by atoms with van der Waals surface area (Å²) >= 11 is 0. The second-order valence-corrected chi connectivity index (χ2v) is 7.85. The highest BCUT2D eigenvalue weighted by atomic mass is 16.6. The number of hydrogen-bond acceptors (Lipinski definition) is 6. The zero-order valence-corrected chi connectivity index (χ0v) is 19.3. The molecule has 0 fully saturated rings. The molecule has 0 bridgehead atoms. The van der Waals surface area contributed by atoms with E-state index in [9.17, 15) is 9.59 Å². The zero-order chi connectivity index (χ0) is 23.8. The molecule has 6 heteroatoms. The van der Waals surface area contributed by atoms with Crippen molar-refractivity contribution in [3.63, 3.8) is 0 Å². The molecule has 1 heterocycles. The summed E-state index contributed by atoms with van der Waals surface area (Å²) in [7, 11) is 1.40. The first-order valence-corrected chi connectivity index (χ1v) is 10.7. The predicted molar refractivity (Wildman–Crippen MR) is 128 cm³/mol. The molecule has 6 nitrogen and oxygen atoms in total. The monoisotopic (exact) mass is 448 g/mol. The SMILES string of the molecule is COc1c(OC(=O)c2ccccc2)c(=O)oc2cc(OCC=C(C)CCC=C(C)C)ccc12. The molecule has 0 saturated carbocycles. The van der Waals surface area contributed by atoms with Gasteiger partial charge < -0.3 is 18.6 Å². The molecule has 0 unspecified atom stereocenters. The lowest BCUT2D eigenvalue weighted by Gasteiger charge is -2.11. The summed E-state index contributed by atoms with van der Waals surface area (Å²) in [6.45, 7) is 6.65. The van der Waals surface area contributed by atoms with E-state index in [0.717, 1.165) is 12.8 Å². The lowest BCUT2D eigenvalue weighted by molar-refractivity contribution is 0.0723. The van der Waals surface area contributed by atoms with E-state index in [1.165, 1.54) is 18.3 Å². The molecule has 0 saturated heterocycles. The van der Waals surface area contributed by atoms with Crippen molar-refractivity contribution in [1.29, 1.82) is 0 Å². The minimum atomic E-state index is -0.809. The van der Waals surface area contributed by atoms with Gasteiger partial charge in [0, 0.05) is 6.07 Å². The van der Waals surface area contributed by atoms with Crippen molar-refractivity contribution in [1.82, 2.24) is 0 Å². The quantitative estimate of drug-likeness (QED) is 0.224. The van der Waals surface area contributed by atoms with Gasteiger partial charge in [0.05, 0.1) is 18.1 Å². The van der Waals surface area contributed by atoms with Gasteiger partial charge in [-0.1, -0.05) is 35.4 Å². The molecule has 0 atom stereocenters. The fourth-order valence-corrected chi connectivity index (χ4v) is 3.21. The Morgan fingerprint density at radius 3 is 2.45 bits per heavy atom. The maximum Gasteiger partial charge on any atom is 0.383 e. The van der Waals surface area contributed by atoms with Gasteiger partial charge in [0.2, 0.25) is 0 Å². The summed E-state index contributed by atoms with van der Waals surface area (Å²) in [6, 6.07) is 13.5. The number of allylic oxidation sites excluding steroid dienone is 3. The summed E-state index contributed by atoms with van der Waals surface area (Å²) in [5.74, 6) is -0.281. The van der Waals surface area contributed by atoms with E-state index >= 15 is 0 Å². The summed E-state index contributed by atoms with van der Waals surface area (Å²) in [5.41, 5.74) is 2.33. The molecule has 0 aliphatic rings. The van der Waals surface area contributed by atoms with Gasteiger partial charge in [-0.15, -0.1) is 0 Å². The van der Waals surface area contributed by atoms with Crippen LogP contribution < -0.4 is 19.8 Å². The molecule has 2 aromatic carbocycles. The van der Waals surface area contributed by atoms with E-state index in [4.69, 9.17) is 18.6 Å². The van der Waals surface area contributed by atoms with Gasteiger partial charge in [-0.25, -0.2) is 9.59 Å². The van der Waals surface area contributed by atoms with Crippen LogP contribution in [0, 0.1) is 0 Å².